The summed E-state index contributed by atoms with van der Waals surface area (Å²) in [7, 11) is 3.80. The summed E-state index contributed by atoms with van der Waals surface area (Å²) in [5.74, 6) is 0.648. The van der Waals surface area contributed by atoms with E-state index >= 15 is 0 Å². The Hall–Kier alpha value is -1.95. The fraction of sp³-hybridized carbons (Fsp3) is 0.400. The van der Waals surface area contributed by atoms with Crippen LogP contribution in [0.3, 0.4) is 0 Å². The Bertz CT molecular complexity index is 612. The maximum Gasteiger partial charge on any atom is 0.252 e. The van der Waals surface area contributed by atoms with Crippen LogP contribution in [-0.4, -0.2) is 30.0 Å². The van der Waals surface area contributed by atoms with Crippen LogP contribution in [0.2, 0.25) is 0 Å². The highest BCUT2D eigenvalue weighted by atomic mass is 32.1. The van der Waals surface area contributed by atoms with Gasteiger partial charge in [-0.25, -0.2) is 9.97 Å². The van der Waals surface area contributed by atoms with Crippen molar-refractivity contribution in [3.8, 4) is 0 Å². The molecule has 1 amide bonds. The van der Waals surface area contributed by atoms with Crippen LogP contribution < -0.4 is 10.2 Å². The molecule has 0 aromatic carbocycles. The average Bonchev–Trinajstić information content (AvgIpc) is 3.02. The molecule has 0 bridgehead atoms. The Kier molecular flexibility index (Phi) is 4.57. The van der Waals surface area contributed by atoms with Gasteiger partial charge in [-0.2, -0.15) is 0 Å². The van der Waals surface area contributed by atoms with Gasteiger partial charge < -0.3 is 10.2 Å². The molecule has 0 fully saturated rings. The molecule has 2 aromatic rings. The van der Waals surface area contributed by atoms with E-state index in [9.17, 15) is 4.79 Å². The van der Waals surface area contributed by atoms with E-state index in [2.05, 4.69) is 15.3 Å². The lowest BCUT2D eigenvalue weighted by Crippen LogP contribution is -2.43. The van der Waals surface area contributed by atoms with Crippen molar-refractivity contribution >= 4 is 23.1 Å². The maximum atomic E-state index is 12.5. The van der Waals surface area contributed by atoms with E-state index in [4.69, 9.17) is 0 Å². The van der Waals surface area contributed by atoms with Crippen LogP contribution in [0.15, 0.2) is 29.9 Å². The largest absolute Gasteiger partial charge is 0.363 e. The minimum absolute atomic E-state index is 0.111. The number of hydrogen-bond acceptors (Lipinski definition) is 5. The predicted octanol–water partition coefficient (Wildman–Crippen LogP) is 2.66. The summed E-state index contributed by atoms with van der Waals surface area (Å²) in [6, 6.07) is 3.51. The van der Waals surface area contributed by atoms with E-state index in [0.29, 0.717) is 5.56 Å². The topological polar surface area (TPSA) is 58.1 Å². The summed E-state index contributed by atoms with van der Waals surface area (Å²) in [5, 5.41) is 5.93. The van der Waals surface area contributed by atoms with Gasteiger partial charge in [0, 0.05) is 37.4 Å². The van der Waals surface area contributed by atoms with E-state index in [0.717, 1.165) is 17.2 Å². The molecule has 21 heavy (non-hydrogen) atoms. The number of nitrogens with one attached hydrogen (secondary N) is 1. The van der Waals surface area contributed by atoms with Crippen LogP contribution in [0, 0.1) is 0 Å². The van der Waals surface area contributed by atoms with Crippen molar-refractivity contribution in [3.63, 3.8) is 0 Å². The van der Waals surface area contributed by atoms with Gasteiger partial charge in [-0.1, -0.05) is 6.92 Å². The molecule has 0 aliphatic carbocycles. The normalized spacial score (nSPS) is 13.5. The van der Waals surface area contributed by atoms with Crippen molar-refractivity contribution in [2.45, 2.75) is 25.8 Å². The zero-order valence-corrected chi connectivity index (χ0v) is 13.6. The van der Waals surface area contributed by atoms with Crippen molar-refractivity contribution in [2.75, 3.05) is 19.0 Å². The first-order valence-electron chi connectivity index (χ1n) is 6.82. The number of thiazole rings is 1. The molecule has 1 N–H and O–H groups in total. The van der Waals surface area contributed by atoms with Crippen molar-refractivity contribution in [3.05, 3.63) is 40.5 Å². The molecule has 112 valence electrons. The highest BCUT2D eigenvalue weighted by molar-refractivity contribution is 7.09. The Morgan fingerprint density at radius 3 is 2.71 bits per heavy atom. The van der Waals surface area contributed by atoms with E-state index in [1.165, 1.54) is 0 Å². The van der Waals surface area contributed by atoms with Gasteiger partial charge in [-0.3, -0.25) is 4.79 Å². The quantitative estimate of drug-likeness (QED) is 0.922. The zero-order valence-electron chi connectivity index (χ0n) is 12.8. The van der Waals surface area contributed by atoms with E-state index < -0.39 is 5.54 Å². The molecular formula is C15H20N4OS. The third-order valence-corrected chi connectivity index (χ3v) is 4.50. The average molecular weight is 304 g/mol. The van der Waals surface area contributed by atoms with Crippen molar-refractivity contribution in [2.24, 2.45) is 0 Å². The number of rotatable bonds is 5. The summed E-state index contributed by atoms with van der Waals surface area (Å²) in [5.41, 5.74) is 0.150. The van der Waals surface area contributed by atoms with Crippen LogP contribution >= 0.6 is 11.3 Å². The minimum atomic E-state index is -0.452. The molecule has 5 nitrogen and oxygen atoms in total. The number of aromatic nitrogens is 2. The SMILES string of the molecule is CC[C@](C)(NC(=O)c1ccnc(N(C)C)c1)c1nccs1. The highest BCUT2D eigenvalue weighted by Crippen LogP contribution is 2.26. The minimum Gasteiger partial charge on any atom is -0.363 e. The molecule has 0 saturated heterocycles. The number of amides is 1. The summed E-state index contributed by atoms with van der Waals surface area (Å²) in [4.78, 5) is 22.9. The molecule has 0 aliphatic heterocycles. The summed E-state index contributed by atoms with van der Waals surface area (Å²) < 4.78 is 0. The second kappa shape index (κ2) is 6.22. The van der Waals surface area contributed by atoms with Crippen LogP contribution in [0.4, 0.5) is 5.82 Å². The number of nitrogens with zero attached hydrogens (tertiary/aromatic N) is 3. The first-order chi connectivity index (χ1) is 9.96. The molecule has 1 atom stereocenters. The van der Waals surface area contributed by atoms with Gasteiger partial charge in [0.2, 0.25) is 0 Å². The van der Waals surface area contributed by atoms with Crippen LogP contribution in [-0.2, 0) is 5.54 Å². The van der Waals surface area contributed by atoms with E-state index in [1.54, 1.807) is 35.9 Å². The van der Waals surface area contributed by atoms with Crippen molar-refractivity contribution in [1.82, 2.24) is 15.3 Å². The van der Waals surface area contributed by atoms with Crippen LogP contribution in [0.25, 0.3) is 0 Å². The number of carbonyl (C=O) groups is 1. The second-order valence-electron chi connectivity index (χ2n) is 5.27. The van der Waals surface area contributed by atoms with E-state index in [-0.39, 0.29) is 5.91 Å². The number of hydrogen-bond donors (Lipinski definition) is 1. The fourth-order valence-electron chi connectivity index (χ4n) is 1.92. The molecule has 0 aliphatic rings. The number of pyridine rings is 1. The standard InChI is InChI=1S/C15H20N4OS/c1-5-15(2,14-17-8-9-21-14)18-13(20)11-6-7-16-12(10-11)19(3)4/h6-10H,5H2,1-4H3,(H,18,20)/t15-/m0/s1. The van der Waals surface area contributed by atoms with Crippen molar-refractivity contribution in [1.29, 1.82) is 0 Å². The molecule has 0 spiro atoms. The second-order valence-corrected chi connectivity index (χ2v) is 6.17. The van der Waals surface area contributed by atoms with Gasteiger partial charge in [0.15, 0.2) is 0 Å². The Morgan fingerprint density at radius 1 is 1.38 bits per heavy atom. The molecule has 0 unspecified atom stereocenters. The fourth-order valence-corrected chi connectivity index (χ4v) is 2.74. The molecule has 0 saturated carbocycles. The summed E-state index contributed by atoms with van der Waals surface area (Å²) >= 11 is 1.55. The lowest BCUT2D eigenvalue weighted by Gasteiger charge is -2.27. The smallest absolute Gasteiger partial charge is 0.252 e. The van der Waals surface area contributed by atoms with Gasteiger partial charge in [0.25, 0.3) is 5.91 Å². The van der Waals surface area contributed by atoms with Crippen LogP contribution in [0.5, 0.6) is 0 Å². The summed E-state index contributed by atoms with van der Waals surface area (Å²) in [6.07, 6.45) is 4.19. The number of carbonyl (C=O) groups excluding carboxylic acids is 1. The third kappa shape index (κ3) is 3.39. The van der Waals surface area contributed by atoms with Gasteiger partial charge in [0.1, 0.15) is 10.8 Å². The monoisotopic (exact) mass is 304 g/mol. The van der Waals surface area contributed by atoms with Crippen molar-refractivity contribution < 1.29 is 4.79 Å². The zero-order chi connectivity index (χ0) is 15.5. The van der Waals surface area contributed by atoms with Crippen LogP contribution in [0.1, 0.15) is 35.6 Å². The first kappa shape index (κ1) is 15.4. The molecule has 0 radical (unpaired) electrons. The first-order valence-corrected chi connectivity index (χ1v) is 7.70. The highest BCUT2D eigenvalue weighted by Gasteiger charge is 2.29. The van der Waals surface area contributed by atoms with E-state index in [1.807, 2.05) is 38.2 Å². The molecule has 2 aromatic heterocycles. The predicted molar refractivity (Wildman–Crippen MR) is 85.8 cm³/mol. The third-order valence-electron chi connectivity index (χ3n) is 3.47. The number of anilines is 1. The van der Waals surface area contributed by atoms with Gasteiger partial charge >= 0.3 is 0 Å². The maximum absolute atomic E-state index is 12.5. The van der Waals surface area contributed by atoms with Gasteiger partial charge in [-0.05, 0) is 25.5 Å². The lowest BCUT2D eigenvalue weighted by atomic mass is 9.99. The Morgan fingerprint density at radius 2 is 2.14 bits per heavy atom. The van der Waals surface area contributed by atoms with Gasteiger partial charge in [0.05, 0.1) is 5.54 Å². The molecule has 2 rings (SSSR count). The molecule has 6 heteroatoms. The Labute approximate surface area is 129 Å². The molecular weight excluding hydrogens is 284 g/mol. The summed E-state index contributed by atoms with van der Waals surface area (Å²) in [6.45, 7) is 4.04. The lowest BCUT2D eigenvalue weighted by molar-refractivity contribution is 0.0902. The van der Waals surface area contributed by atoms with Gasteiger partial charge in [-0.15, -0.1) is 11.3 Å². The Balaban J connectivity index is 2.22. The molecule has 2 heterocycles.